The number of carbonyl (C=O) groups excluding carboxylic acids is 1. The van der Waals surface area contributed by atoms with E-state index in [1.165, 1.54) is 12.4 Å². The van der Waals surface area contributed by atoms with Gasteiger partial charge >= 0.3 is 0 Å². The van der Waals surface area contributed by atoms with Crippen molar-refractivity contribution in [2.75, 3.05) is 6.54 Å². The lowest BCUT2D eigenvalue weighted by atomic mass is 10.1. The Morgan fingerprint density at radius 1 is 1.45 bits per heavy atom. The standard InChI is InChI=1S/C14H18N4O2/c1-14(2,3)20-13-11-9(10(19)5-4-6-15)7-16-12(11)17-8-18-13/h4-5,7-8H,6,15H2,1-3H3,(H,16,17,18). The number of nitrogens with one attached hydrogen (secondary N) is 1. The van der Waals surface area contributed by atoms with Gasteiger partial charge in [-0.15, -0.1) is 0 Å². The molecule has 0 fully saturated rings. The Kier molecular flexibility index (Phi) is 3.85. The van der Waals surface area contributed by atoms with Gasteiger partial charge in [-0.1, -0.05) is 6.08 Å². The van der Waals surface area contributed by atoms with Crippen molar-refractivity contribution in [3.63, 3.8) is 0 Å². The van der Waals surface area contributed by atoms with E-state index in [0.717, 1.165) is 0 Å². The second kappa shape index (κ2) is 5.42. The Balaban J connectivity index is 2.52. The highest BCUT2D eigenvalue weighted by Gasteiger charge is 2.20. The SMILES string of the molecule is CC(C)(C)Oc1ncnc2[nH]cc(C(=O)C=CCN)c12. The lowest BCUT2D eigenvalue weighted by Gasteiger charge is -2.20. The lowest BCUT2D eigenvalue weighted by molar-refractivity contribution is 0.104. The van der Waals surface area contributed by atoms with E-state index in [9.17, 15) is 4.79 Å². The summed E-state index contributed by atoms with van der Waals surface area (Å²) in [5.41, 5.74) is 6.00. The average molecular weight is 274 g/mol. The summed E-state index contributed by atoms with van der Waals surface area (Å²) in [6.45, 7) is 6.08. The van der Waals surface area contributed by atoms with Gasteiger partial charge in [0.15, 0.2) is 5.78 Å². The Hall–Kier alpha value is -2.21. The van der Waals surface area contributed by atoms with E-state index in [1.54, 1.807) is 12.3 Å². The minimum Gasteiger partial charge on any atom is -0.471 e. The molecule has 0 saturated carbocycles. The van der Waals surface area contributed by atoms with E-state index in [2.05, 4.69) is 15.0 Å². The van der Waals surface area contributed by atoms with Gasteiger partial charge in [-0.2, -0.15) is 0 Å². The lowest BCUT2D eigenvalue weighted by Crippen LogP contribution is -2.23. The van der Waals surface area contributed by atoms with Crippen LogP contribution in [0.3, 0.4) is 0 Å². The van der Waals surface area contributed by atoms with Gasteiger partial charge in [-0.05, 0) is 26.8 Å². The van der Waals surface area contributed by atoms with E-state index < -0.39 is 5.60 Å². The normalized spacial score (nSPS) is 12.2. The summed E-state index contributed by atoms with van der Waals surface area (Å²) in [5, 5.41) is 0.592. The Morgan fingerprint density at radius 2 is 2.20 bits per heavy atom. The predicted octanol–water partition coefficient (Wildman–Crippen LogP) is 1.83. The van der Waals surface area contributed by atoms with Crippen LogP contribution in [0, 0.1) is 0 Å². The molecular formula is C14H18N4O2. The molecule has 106 valence electrons. The van der Waals surface area contributed by atoms with Crippen molar-refractivity contribution >= 4 is 16.8 Å². The van der Waals surface area contributed by atoms with Crippen molar-refractivity contribution in [3.8, 4) is 5.88 Å². The van der Waals surface area contributed by atoms with Crippen molar-refractivity contribution in [3.05, 3.63) is 30.2 Å². The molecule has 6 heteroatoms. The molecule has 0 unspecified atom stereocenters. The van der Waals surface area contributed by atoms with Crippen LogP contribution in [0.5, 0.6) is 5.88 Å². The number of allylic oxidation sites excluding steroid dienone is 1. The molecule has 20 heavy (non-hydrogen) atoms. The first-order valence-corrected chi connectivity index (χ1v) is 6.34. The molecule has 0 saturated heterocycles. The smallest absolute Gasteiger partial charge is 0.227 e. The number of ketones is 1. The fraction of sp³-hybridized carbons (Fsp3) is 0.357. The zero-order valence-corrected chi connectivity index (χ0v) is 11.8. The first kappa shape index (κ1) is 14.2. The van der Waals surface area contributed by atoms with E-state index in [-0.39, 0.29) is 5.78 Å². The van der Waals surface area contributed by atoms with Crippen LogP contribution in [-0.4, -0.2) is 32.9 Å². The van der Waals surface area contributed by atoms with Crippen molar-refractivity contribution in [2.24, 2.45) is 5.73 Å². The van der Waals surface area contributed by atoms with Crippen LogP contribution in [0.15, 0.2) is 24.7 Å². The fourth-order valence-corrected chi connectivity index (χ4v) is 1.76. The monoisotopic (exact) mass is 274 g/mol. The summed E-state index contributed by atoms with van der Waals surface area (Å²) in [4.78, 5) is 23.3. The van der Waals surface area contributed by atoms with Gasteiger partial charge in [0.25, 0.3) is 0 Å². The second-order valence-corrected chi connectivity index (χ2v) is 5.32. The molecule has 0 radical (unpaired) electrons. The molecule has 0 aromatic carbocycles. The Morgan fingerprint density at radius 3 is 2.85 bits per heavy atom. The number of H-pyrrole nitrogens is 1. The van der Waals surface area contributed by atoms with Gasteiger partial charge in [-0.25, -0.2) is 9.97 Å². The third kappa shape index (κ3) is 3.03. The first-order valence-electron chi connectivity index (χ1n) is 6.34. The van der Waals surface area contributed by atoms with Crippen LogP contribution >= 0.6 is 0 Å². The molecule has 2 rings (SSSR count). The molecule has 2 heterocycles. The number of hydrogen-bond donors (Lipinski definition) is 2. The second-order valence-electron chi connectivity index (χ2n) is 5.32. The van der Waals surface area contributed by atoms with Crippen molar-refractivity contribution in [1.82, 2.24) is 15.0 Å². The van der Waals surface area contributed by atoms with E-state index >= 15 is 0 Å². The van der Waals surface area contributed by atoms with E-state index in [0.29, 0.717) is 29.0 Å². The van der Waals surface area contributed by atoms with Crippen molar-refractivity contribution in [2.45, 2.75) is 26.4 Å². The minimum absolute atomic E-state index is 0.157. The van der Waals surface area contributed by atoms with Crippen molar-refractivity contribution < 1.29 is 9.53 Å². The van der Waals surface area contributed by atoms with Gasteiger partial charge in [0.05, 0.1) is 10.9 Å². The molecule has 2 aromatic rings. The molecule has 0 atom stereocenters. The summed E-state index contributed by atoms with van der Waals surface area (Å²) in [6, 6.07) is 0. The third-order valence-corrected chi connectivity index (χ3v) is 2.51. The number of hydrogen-bond acceptors (Lipinski definition) is 5. The summed E-state index contributed by atoms with van der Waals surface area (Å²) >= 11 is 0. The molecule has 2 aromatic heterocycles. The molecule has 6 nitrogen and oxygen atoms in total. The van der Waals surface area contributed by atoms with Gasteiger partial charge in [-0.3, -0.25) is 4.79 Å². The maximum Gasteiger partial charge on any atom is 0.227 e. The Labute approximate surface area is 117 Å². The van der Waals surface area contributed by atoms with Crippen LogP contribution in [0.1, 0.15) is 31.1 Å². The molecule has 0 bridgehead atoms. The summed E-state index contributed by atoms with van der Waals surface area (Å²) in [7, 11) is 0. The highest BCUT2D eigenvalue weighted by atomic mass is 16.5. The minimum atomic E-state index is -0.411. The number of ether oxygens (including phenoxy) is 1. The zero-order valence-electron chi connectivity index (χ0n) is 11.8. The summed E-state index contributed by atoms with van der Waals surface area (Å²) < 4.78 is 5.80. The maximum atomic E-state index is 12.1. The first-order chi connectivity index (χ1) is 9.42. The zero-order chi connectivity index (χ0) is 14.8. The molecule has 0 aliphatic rings. The molecule has 0 spiro atoms. The average Bonchev–Trinajstić information content (AvgIpc) is 2.79. The van der Waals surface area contributed by atoms with Crippen LogP contribution in [0.2, 0.25) is 0 Å². The number of fused-ring (bicyclic) bond motifs is 1. The van der Waals surface area contributed by atoms with Gasteiger partial charge in [0.1, 0.15) is 17.6 Å². The number of rotatable bonds is 4. The van der Waals surface area contributed by atoms with Gasteiger partial charge in [0, 0.05) is 12.7 Å². The quantitative estimate of drug-likeness (QED) is 0.655. The van der Waals surface area contributed by atoms with Crippen LogP contribution < -0.4 is 10.5 Å². The van der Waals surface area contributed by atoms with Gasteiger partial charge < -0.3 is 15.5 Å². The van der Waals surface area contributed by atoms with Crippen LogP contribution in [-0.2, 0) is 0 Å². The fourth-order valence-electron chi connectivity index (χ4n) is 1.76. The molecular weight excluding hydrogens is 256 g/mol. The molecule has 0 amide bonds. The van der Waals surface area contributed by atoms with Crippen molar-refractivity contribution in [1.29, 1.82) is 0 Å². The van der Waals surface area contributed by atoms with Crippen LogP contribution in [0.25, 0.3) is 11.0 Å². The van der Waals surface area contributed by atoms with E-state index in [1.807, 2.05) is 20.8 Å². The maximum absolute atomic E-state index is 12.1. The predicted molar refractivity (Wildman–Crippen MR) is 76.8 cm³/mol. The van der Waals surface area contributed by atoms with E-state index in [4.69, 9.17) is 10.5 Å². The topological polar surface area (TPSA) is 93.9 Å². The largest absolute Gasteiger partial charge is 0.471 e. The van der Waals surface area contributed by atoms with Gasteiger partial charge in [0.2, 0.25) is 5.88 Å². The molecule has 0 aliphatic carbocycles. The molecule has 3 N–H and O–H groups in total. The summed E-state index contributed by atoms with van der Waals surface area (Å²) in [6.07, 6.45) is 6.06. The highest BCUT2D eigenvalue weighted by Crippen LogP contribution is 2.28. The number of nitrogens with zero attached hydrogens (tertiary/aromatic N) is 2. The Bertz CT molecular complexity index is 653. The third-order valence-electron chi connectivity index (χ3n) is 2.51. The number of aromatic nitrogens is 3. The number of carbonyl (C=O) groups is 1. The number of nitrogens with two attached hydrogens (primary N) is 1. The van der Waals surface area contributed by atoms with Crippen LogP contribution in [0.4, 0.5) is 0 Å². The highest BCUT2D eigenvalue weighted by molar-refractivity contribution is 6.13. The molecule has 0 aliphatic heterocycles. The number of aromatic amines is 1. The summed E-state index contributed by atoms with van der Waals surface area (Å²) in [5.74, 6) is 0.239.